The highest BCUT2D eigenvalue weighted by atomic mass is 16.2. The van der Waals surface area contributed by atoms with Gasteiger partial charge in [0.2, 0.25) is 5.91 Å². The number of hydrogen-bond acceptors (Lipinski definition) is 4. The summed E-state index contributed by atoms with van der Waals surface area (Å²) in [7, 11) is 0. The highest BCUT2D eigenvalue weighted by Gasteiger charge is 2.28. The summed E-state index contributed by atoms with van der Waals surface area (Å²) in [6.07, 6.45) is 5.15. The molecule has 2 aromatic rings. The first-order chi connectivity index (χ1) is 13.9. The molecular formula is C23H27N3O3. The summed E-state index contributed by atoms with van der Waals surface area (Å²) in [5, 5.41) is 2.80. The normalized spacial score (nSPS) is 13.9. The minimum Gasteiger partial charge on any atom is -0.399 e. The SMILES string of the molecule is CCC(NC(=O)C(=O)N(C(C)=O)c1cccc(N)c1)c1ccc2c(c1)CCCC2. The molecule has 1 unspecified atom stereocenters. The van der Waals surface area contributed by atoms with Crippen molar-refractivity contribution in [2.24, 2.45) is 0 Å². The summed E-state index contributed by atoms with van der Waals surface area (Å²) in [4.78, 5) is 38.4. The van der Waals surface area contributed by atoms with Crippen molar-refractivity contribution >= 4 is 29.1 Å². The van der Waals surface area contributed by atoms with Crippen LogP contribution in [0.5, 0.6) is 0 Å². The molecule has 0 radical (unpaired) electrons. The van der Waals surface area contributed by atoms with E-state index in [9.17, 15) is 14.4 Å². The van der Waals surface area contributed by atoms with Crippen molar-refractivity contribution in [3.63, 3.8) is 0 Å². The molecule has 0 fully saturated rings. The van der Waals surface area contributed by atoms with Crippen molar-refractivity contribution < 1.29 is 14.4 Å². The smallest absolute Gasteiger partial charge is 0.323 e. The number of nitrogens with zero attached hydrogens (tertiary/aromatic N) is 1. The summed E-state index contributed by atoms with van der Waals surface area (Å²) in [6, 6.07) is 12.3. The number of imide groups is 1. The van der Waals surface area contributed by atoms with Gasteiger partial charge in [0.15, 0.2) is 0 Å². The molecule has 1 aliphatic carbocycles. The number of nitrogen functional groups attached to an aromatic ring is 1. The molecule has 152 valence electrons. The number of aryl methyl sites for hydroxylation is 2. The number of hydrogen-bond donors (Lipinski definition) is 2. The quantitative estimate of drug-likeness (QED) is 0.616. The van der Waals surface area contributed by atoms with E-state index in [-0.39, 0.29) is 11.7 Å². The third kappa shape index (κ3) is 4.65. The predicted molar refractivity (Wildman–Crippen MR) is 113 cm³/mol. The Morgan fingerprint density at radius 1 is 1.07 bits per heavy atom. The maximum absolute atomic E-state index is 12.8. The van der Waals surface area contributed by atoms with E-state index in [1.54, 1.807) is 18.2 Å². The molecule has 1 aliphatic rings. The zero-order chi connectivity index (χ0) is 21.0. The molecule has 1 atom stereocenters. The van der Waals surface area contributed by atoms with E-state index in [0.29, 0.717) is 12.1 Å². The van der Waals surface area contributed by atoms with Crippen LogP contribution in [0.1, 0.15) is 55.8 Å². The molecule has 0 heterocycles. The topological polar surface area (TPSA) is 92.5 Å². The van der Waals surface area contributed by atoms with Crippen LogP contribution in [0.4, 0.5) is 11.4 Å². The Hall–Kier alpha value is -3.15. The first-order valence-corrected chi connectivity index (χ1v) is 10.0. The molecule has 0 saturated carbocycles. The summed E-state index contributed by atoms with van der Waals surface area (Å²) >= 11 is 0. The number of amides is 3. The van der Waals surface area contributed by atoms with Crippen LogP contribution < -0.4 is 16.0 Å². The van der Waals surface area contributed by atoms with Crippen LogP contribution in [0.3, 0.4) is 0 Å². The molecule has 0 aromatic heterocycles. The van der Waals surface area contributed by atoms with E-state index in [4.69, 9.17) is 5.73 Å². The number of fused-ring (bicyclic) bond motifs is 1. The van der Waals surface area contributed by atoms with Crippen LogP contribution in [0, 0.1) is 0 Å². The van der Waals surface area contributed by atoms with Crippen molar-refractivity contribution in [3.05, 3.63) is 59.2 Å². The average Bonchev–Trinajstić information content (AvgIpc) is 2.71. The molecule has 3 amide bonds. The fraction of sp³-hybridized carbons (Fsp3) is 0.348. The number of nitrogens with two attached hydrogens (primary N) is 1. The third-order valence-electron chi connectivity index (χ3n) is 5.33. The Morgan fingerprint density at radius 3 is 2.45 bits per heavy atom. The second-order valence-electron chi connectivity index (χ2n) is 7.42. The standard InChI is InChI=1S/C23H27N3O3/c1-3-21(18-12-11-16-7-4-5-8-17(16)13-18)25-22(28)23(29)26(15(2)27)20-10-6-9-19(24)14-20/h6,9-14,21H,3-5,7-8,24H2,1-2H3,(H,25,28). The number of benzene rings is 2. The lowest BCUT2D eigenvalue weighted by Crippen LogP contribution is -2.46. The summed E-state index contributed by atoms with van der Waals surface area (Å²) in [6.45, 7) is 3.20. The maximum atomic E-state index is 12.8. The minimum absolute atomic E-state index is 0.277. The van der Waals surface area contributed by atoms with Gasteiger partial charge in [0.1, 0.15) is 0 Å². The van der Waals surface area contributed by atoms with Gasteiger partial charge in [-0.25, -0.2) is 4.90 Å². The summed E-state index contributed by atoms with van der Waals surface area (Å²) < 4.78 is 0. The van der Waals surface area contributed by atoms with E-state index in [1.807, 2.05) is 13.0 Å². The largest absolute Gasteiger partial charge is 0.399 e. The lowest BCUT2D eigenvalue weighted by molar-refractivity contribution is -0.139. The Kier molecular flexibility index (Phi) is 6.32. The number of rotatable bonds is 4. The lowest BCUT2D eigenvalue weighted by atomic mass is 9.89. The fourth-order valence-corrected chi connectivity index (χ4v) is 3.82. The average molecular weight is 393 g/mol. The minimum atomic E-state index is -0.917. The van der Waals surface area contributed by atoms with Crippen LogP contribution in [0.2, 0.25) is 0 Å². The molecule has 6 heteroatoms. The highest BCUT2D eigenvalue weighted by Crippen LogP contribution is 2.26. The van der Waals surface area contributed by atoms with Gasteiger partial charge >= 0.3 is 11.8 Å². The second kappa shape index (κ2) is 8.90. The molecule has 3 rings (SSSR count). The van der Waals surface area contributed by atoms with Gasteiger partial charge < -0.3 is 11.1 Å². The van der Waals surface area contributed by atoms with E-state index < -0.39 is 17.7 Å². The molecule has 6 nitrogen and oxygen atoms in total. The van der Waals surface area contributed by atoms with Gasteiger partial charge in [-0.3, -0.25) is 14.4 Å². The fourth-order valence-electron chi connectivity index (χ4n) is 3.82. The van der Waals surface area contributed by atoms with Gasteiger partial charge in [0, 0.05) is 12.6 Å². The molecule has 3 N–H and O–H groups in total. The van der Waals surface area contributed by atoms with E-state index >= 15 is 0 Å². The van der Waals surface area contributed by atoms with Crippen molar-refractivity contribution in [2.75, 3.05) is 10.6 Å². The van der Waals surface area contributed by atoms with Gasteiger partial charge in [-0.05, 0) is 67.0 Å². The summed E-state index contributed by atoms with van der Waals surface area (Å²) in [5.41, 5.74) is 10.1. The molecule has 0 saturated heterocycles. The monoisotopic (exact) mass is 393 g/mol. The van der Waals surface area contributed by atoms with E-state index in [1.165, 1.54) is 37.0 Å². The van der Waals surface area contributed by atoms with E-state index in [2.05, 4.69) is 17.4 Å². The second-order valence-corrected chi connectivity index (χ2v) is 7.42. The predicted octanol–water partition coefficient (Wildman–Crippen LogP) is 3.29. The molecule has 0 aliphatic heterocycles. The maximum Gasteiger partial charge on any atom is 0.323 e. The first-order valence-electron chi connectivity index (χ1n) is 10.0. The third-order valence-corrected chi connectivity index (χ3v) is 5.33. The number of carbonyl (C=O) groups excluding carboxylic acids is 3. The molecule has 29 heavy (non-hydrogen) atoms. The molecule has 2 aromatic carbocycles. The Morgan fingerprint density at radius 2 is 1.79 bits per heavy atom. The van der Waals surface area contributed by atoms with Crippen LogP contribution in [0.25, 0.3) is 0 Å². The van der Waals surface area contributed by atoms with Crippen LogP contribution in [-0.2, 0) is 27.2 Å². The van der Waals surface area contributed by atoms with Crippen LogP contribution >= 0.6 is 0 Å². The Bertz CT molecular complexity index is 939. The van der Waals surface area contributed by atoms with Crippen molar-refractivity contribution in [3.8, 4) is 0 Å². The van der Waals surface area contributed by atoms with Gasteiger partial charge in [-0.15, -0.1) is 0 Å². The molecule has 0 bridgehead atoms. The van der Waals surface area contributed by atoms with Crippen molar-refractivity contribution in [1.82, 2.24) is 5.32 Å². The first kappa shape index (κ1) is 20.6. The number of anilines is 2. The molecular weight excluding hydrogens is 366 g/mol. The van der Waals surface area contributed by atoms with Crippen LogP contribution in [-0.4, -0.2) is 17.7 Å². The highest BCUT2D eigenvalue weighted by molar-refractivity contribution is 6.45. The Balaban J connectivity index is 1.79. The van der Waals surface area contributed by atoms with Gasteiger partial charge in [-0.1, -0.05) is 31.2 Å². The van der Waals surface area contributed by atoms with E-state index in [0.717, 1.165) is 23.3 Å². The van der Waals surface area contributed by atoms with Gasteiger partial charge in [0.05, 0.1) is 11.7 Å². The molecule has 0 spiro atoms. The summed E-state index contributed by atoms with van der Waals surface area (Å²) in [5.74, 6) is -2.27. The lowest BCUT2D eigenvalue weighted by Gasteiger charge is -2.23. The number of nitrogens with one attached hydrogen (secondary N) is 1. The van der Waals surface area contributed by atoms with Gasteiger partial charge in [-0.2, -0.15) is 0 Å². The zero-order valence-corrected chi connectivity index (χ0v) is 16.9. The van der Waals surface area contributed by atoms with Gasteiger partial charge in [0.25, 0.3) is 0 Å². The Labute approximate surface area is 171 Å². The van der Waals surface area contributed by atoms with Crippen molar-refractivity contribution in [1.29, 1.82) is 0 Å². The van der Waals surface area contributed by atoms with Crippen LogP contribution in [0.15, 0.2) is 42.5 Å². The number of carbonyl (C=O) groups is 3. The zero-order valence-electron chi connectivity index (χ0n) is 16.9. The van der Waals surface area contributed by atoms with Crippen molar-refractivity contribution in [2.45, 2.75) is 52.0 Å².